The van der Waals surface area contributed by atoms with Crippen molar-refractivity contribution in [2.24, 2.45) is 5.41 Å². The Hall–Kier alpha value is -1.67. The van der Waals surface area contributed by atoms with Gasteiger partial charge >= 0.3 is 0 Å². The number of aliphatic hydroxyl groups excluding tert-OH is 1. The number of allylic oxidation sites excluding steroid dienone is 9. The number of ketones is 1. The highest BCUT2D eigenvalue weighted by Crippen LogP contribution is 2.37. The van der Waals surface area contributed by atoms with Crippen LogP contribution in [0.25, 0.3) is 0 Å². The predicted molar refractivity (Wildman–Crippen MR) is 93.6 cm³/mol. The summed E-state index contributed by atoms with van der Waals surface area (Å²) >= 11 is 0. The number of aliphatic hydroxyl groups is 1. The van der Waals surface area contributed by atoms with Crippen molar-refractivity contribution in [3.63, 3.8) is 0 Å². The molecule has 0 bridgehead atoms. The first kappa shape index (κ1) is 18.4. The van der Waals surface area contributed by atoms with Gasteiger partial charge in [-0.1, -0.05) is 61.4 Å². The lowest BCUT2D eigenvalue weighted by Crippen LogP contribution is -2.24. The molecule has 0 aromatic carbocycles. The van der Waals surface area contributed by atoms with Crippen molar-refractivity contribution in [2.75, 3.05) is 6.61 Å². The molecule has 0 unspecified atom stereocenters. The van der Waals surface area contributed by atoms with Crippen LogP contribution in [0.1, 0.15) is 47.5 Å². The Morgan fingerprint density at radius 1 is 1.18 bits per heavy atom. The van der Waals surface area contributed by atoms with E-state index in [2.05, 4.69) is 26.0 Å². The average molecular weight is 300 g/mol. The first-order valence-corrected chi connectivity index (χ1v) is 7.79. The fourth-order valence-corrected chi connectivity index (χ4v) is 2.49. The van der Waals surface area contributed by atoms with Gasteiger partial charge in [0.05, 0.1) is 6.61 Å². The van der Waals surface area contributed by atoms with Crippen LogP contribution in [-0.4, -0.2) is 17.5 Å². The van der Waals surface area contributed by atoms with Gasteiger partial charge in [-0.2, -0.15) is 0 Å². The van der Waals surface area contributed by atoms with Crippen molar-refractivity contribution >= 4 is 5.78 Å². The maximum absolute atomic E-state index is 12.0. The van der Waals surface area contributed by atoms with Gasteiger partial charge in [0.1, 0.15) is 0 Å². The molecule has 1 aliphatic rings. The number of hydrogen-bond acceptors (Lipinski definition) is 2. The summed E-state index contributed by atoms with van der Waals surface area (Å²) in [4.78, 5) is 12.0. The second-order valence-electron chi connectivity index (χ2n) is 6.83. The van der Waals surface area contributed by atoms with Crippen LogP contribution in [0.3, 0.4) is 0 Å². The lowest BCUT2D eigenvalue weighted by atomic mass is 9.74. The number of rotatable bonds is 5. The zero-order valence-corrected chi connectivity index (χ0v) is 14.4. The van der Waals surface area contributed by atoms with Crippen molar-refractivity contribution in [1.29, 1.82) is 0 Å². The van der Waals surface area contributed by atoms with Gasteiger partial charge in [-0.15, -0.1) is 0 Å². The normalized spacial score (nSPS) is 20.5. The molecule has 1 rings (SSSR count). The number of carbonyl (C=O) groups excluding carboxylic acids is 1. The summed E-state index contributed by atoms with van der Waals surface area (Å²) in [6.07, 6.45) is 13.4. The van der Waals surface area contributed by atoms with Crippen LogP contribution in [0.2, 0.25) is 0 Å². The molecule has 0 heterocycles. The molecule has 0 fully saturated rings. The quantitative estimate of drug-likeness (QED) is 0.748. The largest absolute Gasteiger partial charge is 0.392 e. The van der Waals surface area contributed by atoms with Crippen LogP contribution >= 0.6 is 0 Å². The summed E-state index contributed by atoms with van der Waals surface area (Å²) in [5.41, 5.74) is 4.27. The zero-order chi connectivity index (χ0) is 16.8. The molecule has 1 aliphatic carbocycles. The van der Waals surface area contributed by atoms with Gasteiger partial charge in [0.15, 0.2) is 5.78 Å². The van der Waals surface area contributed by atoms with Gasteiger partial charge in [0.2, 0.25) is 0 Å². The summed E-state index contributed by atoms with van der Waals surface area (Å²) in [5.74, 6) is 0.266. The molecular formula is C20H28O2. The minimum absolute atomic E-state index is 0.0555. The van der Waals surface area contributed by atoms with Gasteiger partial charge in [-0.05, 0) is 43.8 Å². The molecule has 0 atom stereocenters. The van der Waals surface area contributed by atoms with Crippen molar-refractivity contribution in [1.82, 2.24) is 0 Å². The molecule has 0 amide bonds. The molecular weight excluding hydrogens is 272 g/mol. The molecule has 2 heteroatoms. The Morgan fingerprint density at radius 3 is 2.50 bits per heavy atom. The van der Waals surface area contributed by atoms with Gasteiger partial charge in [0.25, 0.3) is 0 Å². The maximum atomic E-state index is 12.0. The molecule has 120 valence electrons. The first-order valence-electron chi connectivity index (χ1n) is 7.79. The highest BCUT2D eigenvalue weighted by molar-refractivity contribution is 5.97. The van der Waals surface area contributed by atoms with E-state index in [9.17, 15) is 4.79 Å². The Kier molecular flexibility index (Phi) is 6.76. The monoisotopic (exact) mass is 300 g/mol. The van der Waals surface area contributed by atoms with E-state index in [-0.39, 0.29) is 17.8 Å². The van der Waals surface area contributed by atoms with E-state index in [0.29, 0.717) is 6.42 Å². The molecule has 0 spiro atoms. The Labute approximate surface area is 134 Å². The van der Waals surface area contributed by atoms with Crippen molar-refractivity contribution in [2.45, 2.75) is 47.5 Å². The summed E-state index contributed by atoms with van der Waals surface area (Å²) in [6, 6.07) is 0. The van der Waals surface area contributed by atoms with Gasteiger partial charge in [0, 0.05) is 6.42 Å². The van der Waals surface area contributed by atoms with Gasteiger partial charge in [-0.3, -0.25) is 4.79 Å². The maximum Gasteiger partial charge on any atom is 0.159 e. The third-order valence-corrected chi connectivity index (χ3v) is 3.89. The average Bonchev–Trinajstić information content (AvgIpc) is 2.41. The van der Waals surface area contributed by atoms with E-state index in [0.717, 1.165) is 28.7 Å². The lowest BCUT2D eigenvalue weighted by Gasteiger charge is -2.30. The van der Waals surface area contributed by atoms with E-state index in [4.69, 9.17) is 5.11 Å². The summed E-state index contributed by atoms with van der Waals surface area (Å²) in [6.45, 7) is 10.3. The summed E-state index contributed by atoms with van der Waals surface area (Å²) < 4.78 is 0. The molecule has 0 aromatic rings. The Bertz CT molecular complexity index is 567. The predicted octanol–water partition coefficient (Wildman–Crippen LogP) is 4.69. The third kappa shape index (κ3) is 5.98. The molecule has 1 N–H and O–H groups in total. The molecule has 0 saturated heterocycles. The van der Waals surface area contributed by atoms with Gasteiger partial charge in [-0.25, -0.2) is 0 Å². The van der Waals surface area contributed by atoms with E-state index in [1.807, 2.05) is 39.0 Å². The zero-order valence-electron chi connectivity index (χ0n) is 14.4. The molecule has 2 nitrogen and oxygen atoms in total. The van der Waals surface area contributed by atoms with Crippen LogP contribution in [0, 0.1) is 5.41 Å². The van der Waals surface area contributed by atoms with Crippen LogP contribution in [0.15, 0.2) is 58.7 Å². The van der Waals surface area contributed by atoms with E-state index >= 15 is 0 Å². The minimum atomic E-state index is 0.0555. The number of carbonyl (C=O) groups is 1. The second-order valence-corrected chi connectivity index (χ2v) is 6.83. The topological polar surface area (TPSA) is 37.3 Å². The number of hydrogen-bond donors (Lipinski definition) is 1. The summed E-state index contributed by atoms with van der Waals surface area (Å²) in [5, 5.41) is 8.79. The Balaban J connectivity index is 2.80. The smallest absolute Gasteiger partial charge is 0.159 e. The number of Topliss-reactive ketones (excluding diaryl/α,β-unsaturated/α-hetero) is 1. The van der Waals surface area contributed by atoms with Crippen LogP contribution < -0.4 is 0 Å². The van der Waals surface area contributed by atoms with E-state index in [1.54, 1.807) is 6.08 Å². The molecule has 0 aliphatic heterocycles. The first-order chi connectivity index (χ1) is 10.2. The van der Waals surface area contributed by atoms with Crippen LogP contribution in [0.5, 0.6) is 0 Å². The highest BCUT2D eigenvalue weighted by Gasteiger charge is 2.29. The van der Waals surface area contributed by atoms with Crippen molar-refractivity contribution in [3.05, 3.63) is 58.7 Å². The van der Waals surface area contributed by atoms with Crippen LogP contribution in [-0.2, 0) is 4.79 Å². The highest BCUT2D eigenvalue weighted by atomic mass is 16.2. The summed E-state index contributed by atoms with van der Waals surface area (Å²) in [7, 11) is 0. The standard InChI is InChI=1S/C20H28O2/c1-15(7-6-8-16(2)11-12-21)9-10-18-13-20(4,5)14-19(22)17(18)3/h6-11,21H,12-14H2,1-5H3/b8-6+,10-9+,15-7+,16-11+. The molecule has 0 radical (unpaired) electrons. The second kappa shape index (κ2) is 8.09. The van der Waals surface area contributed by atoms with Crippen molar-refractivity contribution in [3.8, 4) is 0 Å². The molecule has 0 saturated carbocycles. The van der Waals surface area contributed by atoms with Crippen LogP contribution in [0.4, 0.5) is 0 Å². The lowest BCUT2D eigenvalue weighted by molar-refractivity contribution is -0.118. The van der Waals surface area contributed by atoms with E-state index in [1.165, 1.54) is 0 Å². The minimum Gasteiger partial charge on any atom is -0.392 e. The molecule has 0 aromatic heterocycles. The van der Waals surface area contributed by atoms with E-state index < -0.39 is 0 Å². The SMILES string of the molecule is CC1=C(/C=C/C(C)=C/C=C/C(C)=C/CO)CC(C)(C)CC1=O. The Morgan fingerprint density at radius 2 is 1.86 bits per heavy atom. The molecule has 22 heavy (non-hydrogen) atoms. The van der Waals surface area contributed by atoms with Gasteiger partial charge < -0.3 is 5.11 Å². The third-order valence-electron chi connectivity index (χ3n) is 3.89. The fraction of sp³-hybridized carbons (Fsp3) is 0.450. The fourth-order valence-electron chi connectivity index (χ4n) is 2.49. The van der Waals surface area contributed by atoms with Crippen molar-refractivity contribution < 1.29 is 9.90 Å².